The van der Waals surface area contributed by atoms with Crippen molar-refractivity contribution in [3.05, 3.63) is 0 Å². The Balaban J connectivity index is 2.11. The topological polar surface area (TPSA) is 12.5 Å². The second-order valence-corrected chi connectivity index (χ2v) is 5.36. The lowest BCUT2D eigenvalue weighted by Gasteiger charge is -2.39. The van der Waals surface area contributed by atoms with E-state index in [0.717, 1.165) is 12.5 Å². The van der Waals surface area contributed by atoms with Crippen LogP contribution in [-0.4, -0.2) is 36.7 Å². The van der Waals surface area contributed by atoms with E-state index >= 15 is 0 Å². The van der Waals surface area contributed by atoms with E-state index in [9.17, 15) is 0 Å². The van der Waals surface area contributed by atoms with Crippen molar-refractivity contribution in [3.8, 4) is 0 Å². The molecule has 0 amide bonds. The summed E-state index contributed by atoms with van der Waals surface area (Å²) >= 11 is 0. The van der Waals surface area contributed by atoms with Gasteiger partial charge < -0.3 is 4.74 Å². The average Bonchev–Trinajstić information content (AvgIpc) is 2.79. The van der Waals surface area contributed by atoms with Gasteiger partial charge in [-0.2, -0.15) is 0 Å². The maximum atomic E-state index is 5.35. The molecule has 2 heterocycles. The van der Waals surface area contributed by atoms with Gasteiger partial charge in [-0.3, -0.25) is 4.90 Å². The third kappa shape index (κ3) is 1.72. The first-order valence-corrected chi connectivity index (χ1v) is 6.50. The molecule has 2 saturated heterocycles. The first-order valence-electron chi connectivity index (χ1n) is 6.50. The molecule has 0 aliphatic carbocycles. The second kappa shape index (κ2) is 4.42. The highest BCUT2D eigenvalue weighted by Crippen LogP contribution is 2.47. The molecule has 0 aromatic heterocycles. The van der Waals surface area contributed by atoms with Crippen LogP contribution in [0.2, 0.25) is 0 Å². The molecule has 0 N–H and O–H groups in total. The summed E-state index contributed by atoms with van der Waals surface area (Å²) in [5.41, 5.74) is 0.540. The standard InChI is InChI=1S/C13H25NO/c1-4-11(2)13-7-5-9-14(13)12(6-8-13)10-15-3/h11-12H,4-10H2,1-3H3. The molecule has 88 valence electrons. The highest BCUT2D eigenvalue weighted by molar-refractivity contribution is 5.06. The largest absolute Gasteiger partial charge is 0.383 e. The predicted octanol–water partition coefficient (Wildman–Crippen LogP) is 2.68. The predicted molar refractivity (Wildman–Crippen MR) is 63.0 cm³/mol. The van der Waals surface area contributed by atoms with Gasteiger partial charge in [0.15, 0.2) is 0 Å². The van der Waals surface area contributed by atoms with E-state index in [-0.39, 0.29) is 0 Å². The quantitative estimate of drug-likeness (QED) is 0.709. The van der Waals surface area contributed by atoms with Gasteiger partial charge in [0.2, 0.25) is 0 Å². The zero-order valence-electron chi connectivity index (χ0n) is 10.5. The second-order valence-electron chi connectivity index (χ2n) is 5.36. The summed E-state index contributed by atoms with van der Waals surface area (Å²) in [7, 11) is 1.83. The molecule has 0 saturated carbocycles. The number of hydrogen-bond acceptors (Lipinski definition) is 2. The van der Waals surface area contributed by atoms with Crippen molar-refractivity contribution in [3.63, 3.8) is 0 Å². The molecule has 15 heavy (non-hydrogen) atoms. The number of nitrogens with zero attached hydrogens (tertiary/aromatic N) is 1. The maximum Gasteiger partial charge on any atom is 0.0618 e. The Kier molecular flexibility index (Phi) is 3.36. The number of fused-ring (bicyclic) bond motifs is 1. The summed E-state index contributed by atoms with van der Waals surface area (Å²) in [6, 6.07) is 0.700. The molecule has 3 unspecified atom stereocenters. The van der Waals surface area contributed by atoms with Crippen molar-refractivity contribution < 1.29 is 4.74 Å². The van der Waals surface area contributed by atoms with Crippen molar-refractivity contribution in [2.75, 3.05) is 20.3 Å². The minimum absolute atomic E-state index is 0.540. The van der Waals surface area contributed by atoms with Crippen LogP contribution >= 0.6 is 0 Å². The third-order valence-electron chi connectivity index (χ3n) is 4.82. The molecule has 2 rings (SSSR count). The number of rotatable bonds is 4. The van der Waals surface area contributed by atoms with E-state index in [4.69, 9.17) is 4.74 Å². The van der Waals surface area contributed by atoms with E-state index in [1.165, 1.54) is 38.6 Å². The van der Waals surface area contributed by atoms with Crippen LogP contribution in [0.25, 0.3) is 0 Å². The van der Waals surface area contributed by atoms with Gasteiger partial charge in [0.1, 0.15) is 0 Å². The van der Waals surface area contributed by atoms with Crippen molar-refractivity contribution >= 4 is 0 Å². The summed E-state index contributed by atoms with van der Waals surface area (Å²) in [5, 5.41) is 0. The van der Waals surface area contributed by atoms with E-state index < -0.39 is 0 Å². The summed E-state index contributed by atoms with van der Waals surface area (Å²) in [5.74, 6) is 0.849. The first-order chi connectivity index (χ1) is 7.24. The van der Waals surface area contributed by atoms with E-state index in [1.807, 2.05) is 7.11 Å². The van der Waals surface area contributed by atoms with Crippen LogP contribution in [0.4, 0.5) is 0 Å². The maximum absolute atomic E-state index is 5.35. The van der Waals surface area contributed by atoms with Gasteiger partial charge >= 0.3 is 0 Å². The number of hydrogen-bond donors (Lipinski definition) is 0. The number of methoxy groups -OCH3 is 1. The van der Waals surface area contributed by atoms with Crippen LogP contribution in [0.5, 0.6) is 0 Å². The van der Waals surface area contributed by atoms with Crippen LogP contribution in [0.15, 0.2) is 0 Å². The monoisotopic (exact) mass is 211 g/mol. The van der Waals surface area contributed by atoms with Gasteiger partial charge in [0.25, 0.3) is 0 Å². The molecule has 0 aromatic carbocycles. The molecular weight excluding hydrogens is 186 g/mol. The Morgan fingerprint density at radius 3 is 2.93 bits per heavy atom. The summed E-state index contributed by atoms with van der Waals surface area (Å²) in [6.07, 6.45) is 6.87. The van der Waals surface area contributed by atoms with Gasteiger partial charge in [0.05, 0.1) is 6.61 Å². The van der Waals surface area contributed by atoms with Gasteiger partial charge in [-0.1, -0.05) is 20.3 Å². The normalized spacial score (nSPS) is 38.2. The Morgan fingerprint density at radius 1 is 1.47 bits per heavy atom. The lowest BCUT2D eigenvalue weighted by atomic mass is 9.80. The van der Waals surface area contributed by atoms with Crippen molar-refractivity contribution in [2.24, 2.45) is 5.92 Å². The van der Waals surface area contributed by atoms with Gasteiger partial charge in [0, 0.05) is 18.7 Å². The molecule has 0 bridgehead atoms. The molecule has 0 spiro atoms. The number of ether oxygens (including phenoxy) is 1. The van der Waals surface area contributed by atoms with E-state index in [2.05, 4.69) is 18.7 Å². The Bertz CT molecular complexity index is 219. The molecule has 2 nitrogen and oxygen atoms in total. The Morgan fingerprint density at radius 2 is 2.27 bits per heavy atom. The molecule has 2 aliphatic heterocycles. The zero-order chi connectivity index (χ0) is 10.9. The van der Waals surface area contributed by atoms with Gasteiger partial charge in [-0.25, -0.2) is 0 Å². The van der Waals surface area contributed by atoms with Crippen molar-refractivity contribution in [2.45, 2.75) is 57.5 Å². The third-order valence-corrected chi connectivity index (χ3v) is 4.82. The average molecular weight is 211 g/mol. The fraction of sp³-hybridized carbons (Fsp3) is 1.00. The molecule has 3 atom stereocenters. The fourth-order valence-corrected chi connectivity index (χ4v) is 3.83. The fourth-order valence-electron chi connectivity index (χ4n) is 3.83. The highest BCUT2D eigenvalue weighted by Gasteiger charge is 2.51. The van der Waals surface area contributed by atoms with Crippen molar-refractivity contribution in [1.29, 1.82) is 0 Å². The lowest BCUT2D eigenvalue weighted by molar-refractivity contribution is 0.0535. The highest BCUT2D eigenvalue weighted by atomic mass is 16.5. The lowest BCUT2D eigenvalue weighted by Crippen LogP contribution is -2.47. The van der Waals surface area contributed by atoms with Crippen molar-refractivity contribution in [1.82, 2.24) is 4.90 Å². The van der Waals surface area contributed by atoms with E-state index in [1.54, 1.807) is 0 Å². The van der Waals surface area contributed by atoms with Gasteiger partial charge in [-0.05, 0) is 38.1 Å². The van der Waals surface area contributed by atoms with Gasteiger partial charge in [-0.15, -0.1) is 0 Å². The minimum Gasteiger partial charge on any atom is -0.383 e. The molecule has 2 heteroatoms. The van der Waals surface area contributed by atoms with Crippen LogP contribution < -0.4 is 0 Å². The first kappa shape index (κ1) is 11.4. The van der Waals surface area contributed by atoms with Crippen LogP contribution in [0.1, 0.15) is 46.0 Å². The summed E-state index contributed by atoms with van der Waals surface area (Å²) < 4.78 is 5.35. The van der Waals surface area contributed by atoms with E-state index in [0.29, 0.717) is 11.6 Å². The summed E-state index contributed by atoms with van der Waals surface area (Å²) in [4.78, 5) is 2.77. The minimum atomic E-state index is 0.540. The zero-order valence-corrected chi connectivity index (χ0v) is 10.5. The van der Waals surface area contributed by atoms with Crippen LogP contribution in [0.3, 0.4) is 0 Å². The molecule has 0 aromatic rings. The Hall–Kier alpha value is -0.0800. The SMILES string of the molecule is CCC(C)C12CCCN1C(COC)CC2. The molecular formula is C13H25NO. The van der Waals surface area contributed by atoms with Crippen LogP contribution in [-0.2, 0) is 4.74 Å². The molecule has 2 fully saturated rings. The Labute approximate surface area is 94.0 Å². The molecule has 0 radical (unpaired) electrons. The smallest absolute Gasteiger partial charge is 0.0618 e. The molecule has 2 aliphatic rings. The van der Waals surface area contributed by atoms with Crippen LogP contribution in [0, 0.1) is 5.92 Å². The summed E-state index contributed by atoms with van der Waals surface area (Å²) in [6.45, 7) is 7.00.